The Kier molecular flexibility index (Phi) is 5.83. The van der Waals surface area contributed by atoms with Crippen molar-refractivity contribution in [1.82, 2.24) is 5.32 Å². The Balaban J connectivity index is 1.90. The summed E-state index contributed by atoms with van der Waals surface area (Å²) in [6.45, 7) is 10.5. The first-order valence-electron chi connectivity index (χ1n) is 8.37. The Morgan fingerprint density at radius 2 is 1.86 bits per heavy atom. The molecule has 1 atom stereocenters. The molecule has 0 bridgehead atoms. The molecule has 1 aliphatic rings. The fraction of sp³-hybridized carbons (Fsp3) is 0.684. The van der Waals surface area contributed by atoms with Crippen molar-refractivity contribution in [1.29, 1.82) is 0 Å². The van der Waals surface area contributed by atoms with Gasteiger partial charge in [0, 0.05) is 18.7 Å². The summed E-state index contributed by atoms with van der Waals surface area (Å²) in [7, 11) is 0. The third kappa shape index (κ3) is 5.80. The summed E-state index contributed by atoms with van der Waals surface area (Å²) in [6.07, 6.45) is 5.59. The van der Waals surface area contributed by atoms with Crippen molar-refractivity contribution in [2.75, 3.05) is 13.2 Å². The monoisotopic (exact) mass is 289 g/mol. The molecule has 1 unspecified atom stereocenters. The fourth-order valence-electron chi connectivity index (χ4n) is 2.61. The molecule has 1 aromatic rings. The average Bonchev–Trinajstić information content (AvgIpc) is 2.36. The number of benzene rings is 1. The van der Waals surface area contributed by atoms with Gasteiger partial charge in [-0.2, -0.15) is 0 Å². The Bertz CT molecular complexity index is 414. The molecule has 1 aliphatic carbocycles. The maximum Gasteiger partial charge on any atom is 0.0949 e. The van der Waals surface area contributed by atoms with Crippen LogP contribution in [-0.4, -0.2) is 18.7 Å². The molecule has 1 saturated carbocycles. The molecule has 1 aromatic carbocycles. The number of rotatable bonds is 7. The van der Waals surface area contributed by atoms with Gasteiger partial charge in [0.15, 0.2) is 0 Å². The minimum atomic E-state index is 0.125. The predicted octanol–water partition coefficient (Wildman–Crippen LogP) is 4.63. The Morgan fingerprint density at radius 3 is 2.38 bits per heavy atom. The maximum atomic E-state index is 6.21. The van der Waals surface area contributed by atoms with E-state index in [2.05, 4.69) is 57.3 Å². The standard InChI is InChI=1S/C19H31NO/c1-15-8-10-17(11-9-15)18(14-20-19(2,3)4)21-13-12-16-6-5-7-16/h8-11,16,18,20H,5-7,12-14H2,1-4H3. The van der Waals surface area contributed by atoms with E-state index in [9.17, 15) is 0 Å². The zero-order valence-electron chi connectivity index (χ0n) is 14.1. The summed E-state index contributed by atoms with van der Waals surface area (Å²) >= 11 is 0. The lowest BCUT2D eigenvalue weighted by Gasteiger charge is -2.28. The summed E-state index contributed by atoms with van der Waals surface area (Å²) in [6, 6.07) is 8.75. The third-order valence-corrected chi connectivity index (χ3v) is 4.34. The van der Waals surface area contributed by atoms with Gasteiger partial charge in [-0.25, -0.2) is 0 Å². The van der Waals surface area contributed by atoms with Gasteiger partial charge in [-0.15, -0.1) is 0 Å². The quantitative estimate of drug-likeness (QED) is 0.790. The molecule has 0 aromatic heterocycles. The van der Waals surface area contributed by atoms with Crippen LogP contribution in [0.4, 0.5) is 0 Å². The molecule has 1 N–H and O–H groups in total. The molecule has 0 heterocycles. The summed E-state index contributed by atoms with van der Waals surface area (Å²) in [5.41, 5.74) is 2.71. The topological polar surface area (TPSA) is 21.3 Å². The van der Waals surface area contributed by atoms with Crippen molar-refractivity contribution in [2.45, 2.75) is 65.0 Å². The largest absolute Gasteiger partial charge is 0.372 e. The van der Waals surface area contributed by atoms with E-state index < -0.39 is 0 Å². The smallest absolute Gasteiger partial charge is 0.0949 e. The van der Waals surface area contributed by atoms with Gasteiger partial charge in [0.1, 0.15) is 0 Å². The SMILES string of the molecule is Cc1ccc(C(CNC(C)(C)C)OCCC2CCC2)cc1. The van der Waals surface area contributed by atoms with Crippen molar-refractivity contribution < 1.29 is 4.74 Å². The molecule has 21 heavy (non-hydrogen) atoms. The van der Waals surface area contributed by atoms with Crippen LogP contribution in [0.25, 0.3) is 0 Å². The molecule has 1 fully saturated rings. The second-order valence-corrected chi connectivity index (χ2v) is 7.49. The normalized spacial score (nSPS) is 17.5. The Hall–Kier alpha value is -0.860. The first-order chi connectivity index (χ1) is 9.94. The van der Waals surface area contributed by atoms with E-state index in [4.69, 9.17) is 4.74 Å². The van der Waals surface area contributed by atoms with Crippen LogP contribution in [0.1, 0.15) is 63.7 Å². The number of nitrogens with one attached hydrogen (secondary N) is 1. The number of ether oxygens (including phenoxy) is 1. The van der Waals surface area contributed by atoms with Gasteiger partial charge < -0.3 is 10.1 Å². The van der Waals surface area contributed by atoms with Crippen molar-refractivity contribution in [2.24, 2.45) is 5.92 Å². The molecule has 2 heteroatoms. The van der Waals surface area contributed by atoms with Crippen LogP contribution in [0.2, 0.25) is 0 Å². The van der Waals surface area contributed by atoms with E-state index in [-0.39, 0.29) is 11.6 Å². The van der Waals surface area contributed by atoms with Gasteiger partial charge in [0.25, 0.3) is 0 Å². The van der Waals surface area contributed by atoms with Gasteiger partial charge in [0.05, 0.1) is 6.10 Å². The summed E-state index contributed by atoms with van der Waals surface area (Å²) in [5, 5.41) is 3.58. The van der Waals surface area contributed by atoms with E-state index in [1.165, 1.54) is 36.8 Å². The predicted molar refractivity (Wildman–Crippen MR) is 89.6 cm³/mol. The van der Waals surface area contributed by atoms with Gasteiger partial charge >= 0.3 is 0 Å². The van der Waals surface area contributed by atoms with Crippen LogP contribution < -0.4 is 5.32 Å². The Labute approximate surface area is 130 Å². The van der Waals surface area contributed by atoms with Crippen molar-refractivity contribution >= 4 is 0 Å². The molecule has 0 amide bonds. The average molecular weight is 289 g/mol. The van der Waals surface area contributed by atoms with Gasteiger partial charge in [0.2, 0.25) is 0 Å². The third-order valence-electron chi connectivity index (χ3n) is 4.34. The molecular weight excluding hydrogens is 258 g/mol. The summed E-state index contributed by atoms with van der Waals surface area (Å²) in [5.74, 6) is 0.916. The first-order valence-corrected chi connectivity index (χ1v) is 8.37. The molecule has 118 valence electrons. The highest BCUT2D eigenvalue weighted by atomic mass is 16.5. The minimum absolute atomic E-state index is 0.125. The van der Waals surface area contributed by atoms with E-state index in [1.54, 1.807) is 0 Å². The van der Waals surface area contributed by atoms with Crippen molar-refractivity contribution in [3.8, 4) is 0 Å². The van der Waals surface area contributed by atoms with E-state index in [0.717, 1.165) is 19.1 Å². The zero-order chi connectivity index (χ0) is 15.3. The first kappa shape index (κ1) is 16.5. The maximum absolute atomic E-state index is 6.21. The van der Waals surface area contributed by atoms with Gasteiger partial charge in [-0.3, -0.25) is 0 Å². The summed E-state index contributed by atoms with van der Waals surface area (Å²) < 4.78 is 6.21. The van der Waals surface area contributed by atoms with Crippen LogP contribution in [0, 0.1) is 12.8 Å². The molecule has 0 saturated heterocycles. The van der Waals surface area contributed by atoms with Crippen LogP contribution in [0.3, 0.4) is 0 Å². The van der Waals surface area contributed by atoms with Gasteiger partial charge in [-0.05, 0) is 45.6 Å². The highest BCUT2D eigenvalue weighted by Gasteiger charge is 2.20. The number of hydrogen-bond donors (Lipinski definition) is 1. The fourth-order valence-corrected chi connectivity index (χ4v) is 2.61. The minimum Gasteiger partial charge on any atom is -0.372 e. The second-order valence-electron chi connectivity index (χ2n) is 7.49. The van der Waals surface area contributed by atoms with Crippen molar-refractivity contribution in [3.63, 3.8) is 0 Å². The molecular formula is C19H31NO. The second kappa shape index (κ2) is 7.42. The zero-order valence-corrected chi connectivity index (χ0v) is 14.1. The van der Waals surface area contributed by atoms with Gasteiger partial charge in [-0.1, -0.05) is 49.1 Å². The van der Waals surface area contributed by atoms with Crippen LogP contribution in [-0.2, 0) is 4.74 Å². The van der Waals surface area contributed by atoms with E-state index in [1.807, 2.05) is 0 Å². The lowest BCUT2D eigenvalue weighted by atomic mass is 9.83. The molecule has 0 radical (unpaired) electrons. The molecule has 0 aliphatic heterocycles. The molecule has 0 spiro atoms. The highest BCUT2D eigenvalue weighted by Crippen LogP contribution is 2.30. The van der Waals surface area contributed by atoms with Crippen LogP contribution in [0.5, 0.6) is 0 Å². The Morgan fingerprint density at radius 1 is 1.19 bits per heavy atom. The molecule has 2 rings (SSSR count). The van der Waals surface area contributed by atoms with Crippen LogP contribution >= 0.6 is 0 Å². The van der Waals surface area contributed by atoms with E-state index >= 15 is 0 Å². The number of hydrogen-bond acceptors (Lipinski definition) is 2. The number of aryl methyl sites for hydroxylation is 1. The summed E-state index contributed by atoms with van der Waals surface area (Å²) in [4.78, 5) is 0. The lowest BCUT2D eigenvalue weighted by Crippen LogP contribution is -2.39. The molecule has 2 nitrogen and oxygen atoms in total. The highest BCUT2D eigenvalue weighted by molar-refractivity contribution is 5.23. The van der Waals surface area contributed by atoms with Crippen molar-refractivity contribution in [3.05, 3.63) is 35.4 Å². The van der Waals surface area contributed by atoms with E-state index in [0.29, 0.717) is 0 Å². The van der Waals surface area contributed by atoms with Crippen LogP contribution in [0.15, 0.2) is 24.3 Å². The lowest BCUT2D eigenvalue weighted by molar-refractivity contribution is 0.0336.